The van der Waals surface area contributed by atoms with Gasteiger partial charge in [0, 0.05) is 19.1 Å². The van der Waals surface area contributed by atoms with Gasteiger partial charge in [0.25, 0.3) is 5.91 Å². The summed E-state index contributed by atoms with van der Waals surface area (Å²) in [5, 5.41) is 3.28. The lowest BCUT2D eigenvalue weighted by molar-refractivity contribution is -0.137. The summed E-state index contributed by atoms with van der Waals surface area (Å²) >= 11 is 0. The summed E-state index contributed by atoms with van der Waals surface area (Å²) in [6.45, 7) is 3.04. The molecule has 2 aliphatic rings. The van der Waals surface area contributed by atoms with Crippen LogP contribution in [0.3, 0.4) is 0 Å². The Labute approximate surface area is 114 Å². The van der Waals surface area contributed by atoms with Crippen LogP contribution in [0, 0.1) is 0 Å². The molecule has 0 saturated carbocycles. The zero-order valence-corrected chi connectivity index (χ0v) is 11.0. The molecule has 0 aromatic heterocycles. The summed E-state index contributed by atoms with van der Waals surface area (Å²) < 4.78 is 39.3. The molecule has 0 radical (unpaired) electrons. The highest BCUT2D eigenvalue weighted by Gasteiger charge is 2.47. The van der Waals surface area contributed by atoms with Gasteiger partial charge in [0.2, 0.25) is 0 Å². The van der Waals surface area contributed by atoms with Gasteiger partial charge in [0.1, 0.15) is 0 Å². The number of carbonyl (C=O) groups is 1. The Morgan fingerprint density at radius 3 is 2.80 bits per heavy atom. The van der Waals surface area contributed by atoms with Gasteiger partial charge in [0.05, 0.1) is 17.2 Å². The maximum Gasteiger partial charge on any atom is 0.417 e. The van der Waals surface area contributed by atoms with Gasteiger partial charge in [-0.25, -0.2) is 0 Å². The molecule has 0 aliphatic carbocycles. The number of fused-ring (bicyclic) bond motifs is 3. The van der Waals surface area contributed by atoms with Crippen molar-refractivity contribution in [2.45, 2.75) is 31.6 Å². The Bertz CT molecular complexity index is 556. The molecule has 1 saturated heterocycles. The van der Waals surface area contributed by atoms with Gasteiger partial charge in [-0.1, -0.05) is 19.1 Å². The van der Waals surface area contributed by atoms with Crippen molar-refractivity contribution >= 4 is 5.91 Å². The van der Waals surface area contributed by atoms with E-state index < -0.39 is 17.6 Å². The Balaban J connectivity index is 2.16. The minimum Gasteiger partial charge on any atom is -0.329 e. The fourth-order valence-corrected chi connectivity index (χ4v) is 3.25. The Kier molecular flexibility index (Phi) is 3.01. The molecule has 1 aromatic carbocycles. The minimum absolute atomic E-state index is 0.0115. The van der Waals surface area contributed by atoms with Crippen molar-refractivity contribution in [2.24, 2.45) is 0 Å². The predicted molar refractivity (Wildman–Crippen MR) is 67.3 cm³/mol. The topological polar surface area (TPSA) is 32.3 Å². The van der Waals surface area contributed by atoms with E-state index >= 15 is 0 Å². The Hall–Kier alpha value is -1.56. The third-order valence-corrected chi connectivity index (χ3v) is 4.11. The number of hydrogen-bond donors (Lipinski definition) is 1. The van der Waals surface area contributed by atoms with Crippen molar-refractivity contribution < 1.29 is 18.0 Å². The molecule has 1 aromatic rings. The zero-order valence-electron chi connectivity index (χ0n) is 11.0. The molecule has 2 heterocycles. The second-order valence-electron chi connectivity index (χ2n) is 5.18. The highest BCUT2D eigenvalue weighted by Crippen LogP contribution is 2.43. The molecule has 1 amide bonds. The summed E-state index contributed by atoms with van der Waals surface area (Å²) in [5.74, 6) is -0.488. The first-order valence-corrected chi connectivity index (χ1v) is 6.69. The van der Waals surface area contributed by atoms with Gasteiger partial charge < -0.3 is 10.2 Å². The molecule has 3 nitrogen and oxygen atoms in total. The van der Waals surface area contributed by atoms with Crippen LogP contribution in [0.2, 0.25) is 0 Å². The first-order chi connectivity index (χ1) is 9.45. The van der Waals surface area contributed by atoms with Crippen LogP contribution < -0.4 is 5.32 Å². The van der Waals surface area contributed by atoms with Crippen molar-refractivity contribution in [3.63, 3.8) is 0 Å². The zero-order chi connectivity index (χ0) is 14.5. The lowest BCUT2D eigenvalue weighted by atomic mass is 9.93. The lowest BCUT2D eigenvalue weighted by Crippen LogP contribution is -2.51. The van der Waals surface area contributed by atoms with E-state index in [0.717, 1.165) is 12.5 Å². The third kappa shape index (κ3) is 1.82. The molecule has 6 heteroatoms. The van der Waals surface area contributed by atoms with E-state index in [1.807, 2.05) is 6.92 Å². The second-order valence-corrected chi connectivity index (χ2v) is 5.18. The number of alkyl halides is 3. The third-order valence-electron chi connectivity index (χ3n) is 4.11. The summed E-state index contributed by atoms with van der Waals surface area (Å²) in [6.07, 6.45) is -3.73. The number of rotatable bonds is 1. The molecular formula is C14H15F3N2O. The second kappa shape index (κ2) is 4.48. The summed E-state index contributed by atoms with van der Waals surface area (Å²) in [6, 6.07) is 3.75. The average Bonchev–Trinajstić information content (AvgIpc) is 2.72. The average molecular weight is 284 g/mol. The van der Waals surface area contributed by atoms with E-state index in [1.165, 1.54) is 6.07 Å². The van der Waals surface area contributed by atoms with E-state index in [4.69, 9.17) is 0 Å². The molecule has 0 bridgehead atoms. The van der Waals surface area contributed by atoms with E-state index in [1.54, 1.807) is 11.0 Å². The van der Waals surface area contributed by atoms with E-state index in [9.17, 15) is 18.0 Å². The van der Waals surface area contributed by atoms with Crippen molar-refractivity contribution in [1.82, 2.24) is 10.2 Å². The first kappa shape index (κ1) is 13.4. The normalized spacial score (nSPS) is 25.6. The summed E-state index contributed by atoms with van der Waals surface area (Å²) in [5.41, 5.74) is -0.472. The van der Waals surface area contributed by atoms with Crippen molar-refractivity contribution in [1.29, 1.82) is 0 Å². The van der Waals surface area contributed by atoms with Crippen LogP contribution in [-0.4, -0.2) is 29.9 Å². The molecule has 2 aliphatic heterocycles. The molecule has 108 valence electrons. The van der Waals surface area contributed by atoms with Crippen molar-refractivity contribution in [2.75, 3.05) is 13.1 Å². The number of halogens is 3. The van der Waals surface area contributed by atoms with Crippen LogP contribution in [0.5, 0.6) is 0 Å². The number of benzene rings is 1. The monoisotopic (exact) mass is 284 g/mol. The van der Waals surface area contributed by atoms with Gasteiger partial charge in [-0.15, -0.1) is 0 Å². The number of nitrogens with zero attached hydrogens (tertiary/aromatic N) is 1. The molecule has 0 unspecified atom stereocenters. The van der Waals surface area contributed by atoms with Crippen molar-refractivity contribution in [3.8, 4) is 0 Å². The minimum atomic E-state index is -4.50. The van der Waals surface area contributed by atoms with Gasteiger partial charge in [0.15, 0.2) is 0 Å². The molecule has 3 rings (SSSR count). The van der Waals surface area contributed by atoms with Gasteiger partial charge in [-0.2, -0.15) is 13.2 Å². The predicted octanol–water partition coefficient (Wildman–Crippen LogP) is 2.58. The largest absolute Gasteiger partial charge is 0.417 e. The van der Waals surface area contributed by atoms with Crippen LogP contribution in [-0.2, 0) is 6.18 Å². The molecule has 0 spiro atoms. The molecule has 1 N–H and O–H groups in total. The maximum atomic E-state index is 13.1. The van der Waals surface area contributed by atoms with Crippen LogP contribution in [0.4, 0.5) is 13.2 Å². The number of amides is 1. The molecule has 1 fully saturated rings. The summed E-state index contributed by atoms with van der Waals surface area (Å²) in [7, 11) is 0. The van der Waals surface area contributed by atoms with Crippen molar-refractivity contribution in [3.05, 3.63) is 34.9 Å². The quantitative estimate of drug-likeness (QED) is 0.859. The molecular weight excluding hydrogens is 269 g/mol. The lowest BCUT2D eigenvalue weighted by Gasteiger charge is -2.37. The van der Waals surface area contributed by atoms with Crippen LogP contribution in [0.1, 0.15) is 40.9 Å². The van der Waals surface area contributed by atoms with Gasteiger partial charge in [-0.3, -0.25) is 4.79 Å². The number of carbonyl (C=O) groups excluding carboxylic acids is 1. The first-order valence-electron chi connectivity index (χ1n) is 6.69. The van der Waals surface area contributed by atoms with Crippen LogP contribution in [0.15, 0.2) is 18.2 Å². The van der Waals surface area contributed by atoms with Crippen LogP contribution in [0.25, 0.3) is 0 Å². The molecule has 20 heavy (non-hydrogen) atoms. The fourth-order valence-electron chi connectivity index (χ4n) is 3.25. The standard InChI is InChI=1S/C14H15F3N2O/c1-2-10-12-8-4-3-5-9(14(15,16)17)11(8)13(20)19(12)7-6-18-10/h3-5,10,12,18H,2,6-7H2,1H3/t10-,12+/m1/s1. The number of piperazine rings is 1. The summed E-state index contributed by atoms with van der Waals surface area (Å²) in [4.78, 5) is 13.9. The number of hydrogen-bond acceptors (Lipinski definition) is 2. The SMILES string of the molecule is CC[C@H]1NCCN2C(=O)c3c(cccc3C(F)(F)F)[C@@H]12. The Morgan fingerprint density at radius 1 is 1.40 bits per heavy atom. The maximum absolute atomic E-state index is 13.1. The van der Waals surface area contributed by atoms with E-state index in [2.05, 4.69) is 5.32 Å². The number of nitrogens with one attached hydrogen (secondary N) is 1. The van der Waals surface area contributed by atoms with Gasteiger partial charge >= 0.3 is 6.18 Å². The highest BCUT2D eigenvalue weighted by atomic mass is 19.4. The van der Waals surface area contributed by atoms with Crippen LogP contribution >= 0.6 is 0 Å². The smallest absolute Gasteiger partial charge is 0.329 e. The molecule has 2 atom stereocenters. The Morgan fingerprint density at radius 2 is 2.15 bits per heavy atom. The highest BCUT2D eigenvalue weighted by molar-refractivity contribution is 6.01. The fraction of sp³-hybridized carbons (Fsp3) is 0.500. The van der Waals surface area contributed by atoms with Gasteiger partial charge in [-0.05, 0) is 18.1 Å². The van der Waals surface area contributed by atoms with E-state index in [-0.39, 0.29) is 17.6 Å². The van der Waals surface area contributed by atoms with E-state index in [0.29, 0.717) is 18.7 Å².